The standard InChI is InChI=1S/C11H12BrNO/c1-7(14)4-8-2-3-9-10(12)6-13-11(9)5-8/h2-3,5-7,13-14H,4H2,1H3. The summed E-state index contributed by atoms with van der Waals surface area (Å²) >= 11 is 3.46. The summed E-state index contributed by atoms with van der Waals surface area (Å²) in [5.74, 6) is 0. The van der Waals surface area contributed by atoms with Gasteiger partial charge in [0.25, 0.3) is 0 Å². The Morgan fingerprint density at radius 3 is 3.00 bits per heavy atom. The summed E-state index contributed by atoms with van der Waals surface area (Å²) in [7, 11) is 0. The minimum absolute atomic E-state index is 0.286. The molecule has 2 rings (SSSR count). The van der Waals surface area contributed by atoms with Crippen molar-refractivity contribution >= 4 is 26.8 Å². The molecule has 2 nitrogen and oxygen atoms in total. The molecule has 0 aliphatic carbocycles. The fourth-order valence-corrected chi connectivity index (χ4v) is 2.07. The Morgan fingerprint density at radius 1 is 1.50 bits per heavy atom. The minimum atomic E-state index is -0.286. The van der Waals surface area contributed by atoms with Crippen LogP contribution in [0.2, 0.25) is 0 Å². The van der Waals surface area contributed by atoms with Crippen molar-refractivity contribution in [1.82, 2.24) is 4.98 Å². The number of nitrogens with one attached hydrogen (secondary N) is 1. The maximum Gasteiger partial charge on any atom is 0.0552 e. The molecule has 14 heavy (non-hydrogen) atoms. The highest BCUT2D eigenvalue weighted by molar-refractivity contribution is 9.10. The van der Waals surface area contributed by atoms with Crippen LogP contribution >= 0.6 is 15.9 Å². The van der Waals surface area contributed by atoms with Gasteiger partial charge in [-0.2, -0.15) is 0 Å². The summed E-state index contributed by atoms with van der Waals surface area (Å²) in [6, 6.07) is 6.19. The predicted molar refractivity (Wildman–Crippen MR) is 61.4 cm³/mol. The van der Waals surface area contributed by atoms with Crippen molar-refractivity contribution in [2.75, 3.05) is 0 Å². The van der Waals surface area contributed by atoms with Gasteiger partial charge in [-0.3, -0.25) is 0 Å². The third kappa shape index (κ3) is 1.83. The van der Waals surface area contributed by atoms with Crippen LogP contribution in [0.3, 0.4) is 0 Å². The molecule has 0 bridgehead atoms. The Morgan fingerprint density at radius 2 is 2.29 bits per heavy atom. The van der Waals surface area contributed by atoms with E-state index in [0.29, 0.717) is 6.42 Å². The summed E-state index contributed by atoms with van der Waals surface area (Å²) < 4.78 is 1.08. The maximum absolute atomic E-state index is 9.26. The van der Waals surface area contributed by atoms with Gasteiger partial charge in [0.05, 0.1) is 6.10 Å². The van der Waals surface area contributed by atoms with E-state index >= 15 is 0 Å². The Kier molecular flexibility index (Phi) is 2.61. The quantitative estimate of drug-likeness (QED) is 0.849. The summed E-state index contributed by atoms with van der Waals surface area (Å²) in [6.07, 6.45) is 2.34. The fourth-order valence-electron chi connectivity index (χ4n) is 1.61. The van der Waals surface area contributed by atoms with Gasteiger partial charge < -0.3 is 10.1 Å². The normalized spacial score (nSPS) is 13.4. The van der Waals surface area contributed by atoms with E-state index < -0.39 is 0 Å². The van der Waals surface area contributed by atoms with Crippen LogP contribution in [0.1, 0.15) is 12.5 Å². The van der Waals surface area contributed by atoms with Crippen LogP contribution in [0.4, 0.5) is 0 Å². The summed E-state index contributed by atoms with van der Waals surface area (Å²) in [5.41, 5.74) is 2.26. The second kappa shape index (κ2) is 3.75. The topological polar surface area (TPSA) is 36.0 Å². The number of halogens is 1. The summed E-state index contributed by atoms with van der Waals surface area (Å²) in [6.45, 7) is 1.80. The molecule has 1 unspecified atom stereocenters. The van der Waals surface area contributed by atoms with E-state index in [1.807, 2.05) is 12.3 Å². The third-order valence-electron chi connectivity index (χ3n) is 2.23. The van der Waals surface area contributed by atoms with Crippen LogP contribution in [0.5, 0.6) is 0 Å². The first-order valence-corrected chi connectivity index (χ1v) is 5.39. The second-order valence-corrected chi connectivity index (χ2v) is 4.42. The highest BCUT2D eigenvalue weighted by Crippen LogP contribution is 2.24. The smallest absolute Gasteiger partial charge is 0.0552 e. The summed E-state index contributed by atoms with van der Waals surface area (Å²) in [4.78, 5) is 3.17. The average molecular weight is 254 g/mol. The first-order valence-electron chi connectivity index (χ1n) is 4.60. The Bertz CT molecular complexity index is 447. The number of aliphatic hydroxyl groups excluding tert-OH is 1. The van der Waals surface area contributed by atoms with E-state index in [1.165, 1.54) is 5.39 Å². The molecule has 0 radical (unpaired) electrons. The number of rotatable bonds is 2. The third-order valence-corrected chi connectivity index (χ3v) is 2.88. The molecule has 0 spiro atoms. The lowest BCUT2D eigenvalue weighted by Crippen LogP contribution is -2.03. The number of hydrogen-bond acceptors (Lipinski definition) is 1. The van der Waals surface area contributed by atoms with E-state index in [-0.39, 0.29) is 6.10 Å². The van der Waals surface area contributed by atoms with Crippen molar-refractivity contribution in [2.24, 2.45) is 0 Å². The van der Waals surface area contributed by atoms with Crippen molar-refractivity contribution in [2.45, 2.75) is 19.4 Å². The van der Waals surface area contributed by atoms with Gasteiger partial charge in [0, 0.05) is 21.6 Å². The van der Waals surface area contributed by atoms with Crippen LogP contribution in [0.15, 0.2) is 28.9 Å². The van der Waals surface area contributed by atoms with Gasteiger partial charge in [-0.1, -0.05) is 12.1 Å². The molecule has 1 atom stereocenters. The molecule has 74 valence electrons. The number of aliphatic hydroxyl groups is 1. The number of benzene rings is 1. The zero-order chi connectivity index (χ0) is 10.1. The fraction of sp³-hybridized carbons (Fsp3) is 0.273. The van der Waals surface area contributed by atoms with Crippen molar-refractivity contribution in [1.29, 1.82) is 0 Å². The molecule has 0 aliphatic heterocycles. The number of hydrogen-bond donors (Lipinski definition) is 2. The van der Waals surface area contributed by atoms with Gasteiger partial charge in [-0.15, -0.1) is 0 Å². The number of aromatic amines is 1. The Labute approximate surface area is 91.1 Å². The lowest BCUT2D eigenvalue weighted by atomic mass is 10.1. The molecule has 0 fully saturated rings. The minimum Gasteiger partial charge on any atom is -0.393 e. The number of H-pyrrole nitrogens is 1. The van der Waals surface area contributed by atoms with E-state index in [4.69, 9.17) is 0 Å². The van der Waals surface area contributed by atoms with E-state index in [0.717, 1.165) is 15.6 Å². The SMILES string of the molecule is CC(O)Cc1ccc2c(Br)c[nH]c2c1. The number of aromatic nitrogens is 1. The van der Waals surface area contributed by atoms with Crippen LogP contribution in [-0.4, -0.2) is 16.2 Å². The first-order chi connectivity index (χ1) is 6.66. The lowest BCUT2D eigenvalue weighted by molar-refractivity contribution is 0.195. The van der Waals surface area contributed by atoms with E-state index in [2.05, 4.69) is 33.0 Å². The lowest BCUT2D eigenvalue weighted by Gasteiger charge is -2.03. The van der Waals surface area contributed by atoms with E-state index in [1.54, 1.807) is 6.92 Å². The molecule has 0 amide bonds. The molecule has 2 aromatic rings. The van der Waals surface area contributed by atoms with Crippen LogP contribution in [-0.2, 0) is 6.42 Å². The molecule has 1 aromatic heterocycles. The molecule has 0 saturated heterocycles. The molecule has 3 heteroatoms. The van der Waals surface area contributed by atoms with Gasteiger partial charge >= 0.3 is 0 Å². The zero-order valence-corrected chi connectivity index (χ0v) is 9.51. The zero-order valence-electron chi connectivity index (χ0n) is 7.92. The molecule has 1 heterocycles. The molecular formula is C11H12BrNO. The van der Waals surface area contributed by atoms with Gasteiger partial charge in [0.1, 0.15) is 0 Å². The van der Waals surface area contributed by atoms with Gasteiger partial charge in [0.15, 0.2) is 0 Å². The Balaban J connectivity index is 2.42. The van der Waals surface area contributed by atoms with Gasteiger partial charge in [-0.05, 0) is 40.9 Å². The van der Waals surface area contributed by atoms with Crippen LogP contribution in [0.25, 0.3) is 10.9 Å². The van der Waals surface area contributed by atoms with Crippen LogP contribution in [0, 0.1) is 0 Å². The number of fused-ring (bicyclic) bond motifs is 1. The highest BCUT2D eigenvalue weighted by atomic mass is 79.9. The van der Waals surface area contributed by atoms with Crippen molar-refractivity contribution in [3.63, 3.8) is 0 Å². The Hall–Kier alpha value is -0.800. The van der Waals surface area contributed by atoms with Gasteiger partial charge in [0.2, 0.25) is 0 Å². The summed E-state index contributed by atoms with van der Waals surface area (Å²) in [5, 5.41) is 10.4. The maximum atomic E-state index is 9.26. The van der Waals surface area contributed by atoms with Crippen LogP contribution < -0.4 is 0 Å². The first kappa shape index (κ1) is 9.74. The van der Waals surface area contributed by atoms with E-state index in [9.17, 15) is 5.11 Å². The largest absolute Gasteiger partial charge is 0.393 e. The molecule has 0 aliphatic rings. The van der Waals surface area contributed by atoms with Crippen molar-refractivity contribution < 1.29 is 5.11 Å². The van der Waals surface area contributed by atoms with Crippen molar-refractivity contribution in [3.8, 4) is 0 Å². The predicted octanol–water partition coefficient (Wildman–Crippen LogP) is 2.85. The molecular weight excluding hydrogens is 242 g/mol. The average Bonchev–Trinajstić information content (AvgIpc) is 2.46. The highest BCUT2D eigenvalue weighted by Gasteiger charge is 2.03. The van der Waals surface area contributed by atoms with Crippen molar-refractivity contribution in [3.05, 3.63) is 34.4 Å². The molecule has 1 aromatic carbocycles. The molecule has 0 saturated carbocycles. The van der Waals surface area contributed by atoms with Gasteiger partial charge in [-0.25, -0.2) is 0 Å². The monoisotopic (exact) mass is 253 g/mol. The molecule has 2 N–H and O–H groups in total. The second-order valence-electron chi connectivity index (χ2n) is 3.57.